The molecular weight excluding hydrogens is 288 g/mol. The number of nitrogens with two attached hydrogens (primary N) is 1. The standard InChI is InChI=1S/C14H12N4S2/c1-9-8-19-14(16-9)20-12-7-11(15)17-13(18-12)10-5-3-2-4-6-10/h2-8H,1H3,(H2,15,17,18). The fraction of sp³-hybridized carbons (Fsp3) is 0.0714. The molecule has 0 aliphatic rings. The summed E-state index contributed by atoms with van der Waals surface area (Å²) in [5.41, 5.74) is 7.85. The van der Waals surface area contributed by atoms with E-state index in [9.17, 15) is 0 Å². The summed E-state index contributed by atoms with van der Waals surface area (Å²) in [6.07, 6.45) is 0. The minimum absolute atomic E-state index is 0.467. The van der Waals surface area contributed by atoms with Gasteiger partial charge in [-0.3, -0.25) is 0 Å². The molecule has 0 saturated carbocycles. The molecule has 0 aliphatic heterocycles. The van der Waals surface area contributed by atoms with Crippen molar-refractivity contribution in [3.05, 3.63) is 47.5 Å². The summed E-state index contributed by atoms with van der Waals surface area (Å²) in [5, 5.41) is 2.83. The normalized spacial score (nSPS) is 10.7. The van der Waals surface area contributed by atoms with Crippen LogP contribution < -0.4 is 5.73 Å². The molecule has 0 amide bonds. The van der Waals surface area contributed by atoms with Crippen molar-refractivity contribution in [3.63, 3.8) is 0 Å². The van der Waals surface area contributed by atoms with Gasteiger partial charge in [-0.15, -0.1) is 11.3 Å². The summed E-state index contributed by atoms with van der Waals surface area (Å²) >= 11 is 3.11. The van der Waals surface area contributed by atoms with Gasteiger partial charge in [-0.25, -0.2) is 15.0 Å². The molecule has 3 aromatic rings. The van der Waals surface area contributed by atoms with Crippen LogP contribution in [0.25, 0.3) is 11.4 Å². The Hall–Kier alpha value is -1.92. The van der Waals surface area contributed by atoms with Gasteiger partial charge in [0, 0.05) is 22.7 Å². The van der Waals surface area contributed by atoms with Gasteiger partial charge in [-0.2, -0.15) is 0 Å². The summed E-state index contributed by atoms with van der Waals surface area (Å²) in [4.78, 5) is 13.3. The molecule has 20 heavy (non-hydrogen) atoms. The van der Waals surface area contributed by atoms with E-state index in [2.05, 4.69) is 15.0 Å². The van der Waals surface area contributed by atoms with Crippen LogP contribution in [0.2, 0.25) is 0 Å². The molecule has 0 fully saturated rings. The van der Waals surface area contributed by atoms with E-state index in [-0.39, 0.29) is 0 Å². The van der Waals surface area contributed by atoms with Crippen molar-refractivity contribution >= 4 is 28.9 Å². The smallest absolute Gasteiger partial charge is 0.162 e. The molecule has 0 bridgehead atoms. The quantitative estimate of drug-likeness (QED) is 0.748. The molecule has 6 heteroatoms. The Morgan fingerprint density at radius 1 is 1.10 bits per heavy atom. The fourth-order valence-corrected chi connectivity index (χ4v) is 3.47. The average Bonchev–Trinajstić information content (AvgIpc) is 2.84. The van der Waals surface area contributed by atoms with E-state index in [1.54, 1.807) is 17.4 Å². The molecule has 0 radical (unpaired) electrons. The highest BCUT2D eigenvalue weighted by molar-refractivity contribution is 8.01. The second kappa shape index (κ2) is 5.60. The summed E-state index contributed by atoms with van der Waals surface area (Å²) in [6, 6.07) is 11.6. The highest BCUT2D eigenvalue weighted by Gasteiger charge is 2.08. The Morgan fingerprint density at radius 3 is 2.60 bits per heavy atom. The van der Waals surface area contributed by atoms with Gasteiger partial charge >= 0.3 is 0 Å². The minimum atomic E-state index is 0.467. The van der Waals surface area contributed by atoms with E-state index >= 15 is 0 Å². The summed E-state index contributed by atoms with van der Waals surface area (Å²) in [5.74, 6) is 1.11. The maximum absolute atomic E-state index is 5.87. The largest absolute Gasteiger partial charge is 0.384 e. The van der Waals surface area contributed by atoms with Crippen molar-refractivity contribution < 1.29 is 0 Å². The molecule has 4 nitrogen and oxygen atoms in total. The van der Waals surface area contributed by atoms with Crippen molar-refractivity contribution in [1.82, 2.24) is 15.0 Å². The highest BCUT2D eigenvalue weighted by Crippen LogP contribution is 2.30. The molecule has 100 valence electrons. The lowest BCUT2D eigenvalue weighted by Crippen LogP contribution is -1.97. The molecule has 0 aliphatic carbocycles. The lowest BCUT2D eigenvalue weighted by atomic mass is 10.2. The van der Waals surface area contributed by atoms with Crippen LogP contribution in [0.3, 0.4) is 0 Å². The zero-order chi connectivity index (χ0) is 13.9. The number of benzene rings is 1. The van der Waals surface area contributed by atoms with Crippen molar-refractivity contribution in [2.75, 3.05) is 5.73 Å². The Balaban J connectivity index is 1.94. The lowest BCUT2D eigenvalue weighted by Gasteiger charge is -2.04. The first-order valence-corrected chi connectivity index (χ1v) is 7.70. The number of aromatic nitrogens is 3. The van der Waals surface area contributed by atoms with Gasteiger partial charge in [-0.1, -0.05) is 30.3 Å². The predicted octanol–water partition coefficient (Wildman–Crippen LogP) is 3.64. The third-order valence-electron chi connectivity index (χ3n) is 2.54. The Morgan fingerprint density at radius 2 is 1.90 bits per heavy atom. The summed E-state index contributed by atoms with van der Waals surface area (Å²) in [7, 11) is 0. The van der Waals surface area contributed by atoms with E-state index in [0.717, 1.165) is 20.6 Å². The number of nitrogen functional groups attached to an aromatic ring is 1. The second-order valence-electron chi connectivity index (χ2n) is 4.18. The Kier molecular flexibility index (Phi) is 3.66. The molecule has 0 unspecified atom stereocenters. The van der Waals surface area contributed by atoms with E-state index in [4.69, 9.17) is 5.73 Å². The first-order chi connectivity index (χ1) is 9.70. The number of aryl methyl sites for hydroxylation is 1. The SMILES string of the molecule is Cc1csc(Sc2cc(N)nc(-c3ccccc3)n2)n1. The van der Waals surface area contributed by atoms with E-state index in [1.165, 1.54) is 11.8 Å². The number of nitrogens with zero attached hydrogens (tertiary/aromatic N) is 3. The number of rotatable bonds is 3. The monoisotopic (exact) mass is 300 g/mol. The average molecular weight is 300 g/mol. The van der Waals surface area contributed by atoms with Gasteiger partial charge in [0.1, 0.15) is 10.8 Å². The van der Waals surface area contributed by atoms with E-state index < -0.39 is 0 Å². The maximum atomic E-state index is 5.87. The van der Waals surface area contributed by atoms with Crippen LogP contribution in [-0.2, 0) is 0 Å². The van der Waals surface area contributed by atoms with E-state index in [0.29, 0.717) is 11.6 Å². The number of hydrogen-bond donors (Lipinski definition) is 1. The maximum Gasteiger partial charge on any atom is 0.162 e. The van der Waals surface area contributed by atoms with Gasteiger partial charge in [-0.05, 0) is 18.7 Å². The van der Waals surface area contributed by atoms with Gasteiger partial charge < -0.3 is 5.73 Å². The lowest BCUT2D eigenvalue weighted by molar-refractivity contribution is 1.06. The van der Waals surface area contributed by atoms with Crippen LogP contribution in [-0.4, -0.2) is 15.0 Å². The van der Waals surface area contributed by atoms with Crippen molar-refractivity contribution in [2.45, 2.75) is 16.3 Å². The zero-order valence-electron chi connectivity index (χ0n) is 10.8. The van der Waals surface area contributed by atoms with Crippen LogP contribution in [0.4, 0.5) is 5.82 Å². The molecule has 3 rings (SSSR count). The predicted molar refractivity (Wildman–Crippen MR) is 82.9 cm³/mol. The van der Waals surface area contributed by atoms with Crippen molar-refractivity contribution in [1.29, 1.82) is 0 Å². The van der Waals surface area contributed by atoms with Crippen LogP contribution in [0.1, 0.15) is 5.69 Å². The number of thiazole rings is 1. The molecule has 0 atom stereocenters. The Bertz CT molecular complexity index is 725. The highest BCUT2D eigenvalue weighted by atomic mass is 32.2. The first-order valence-electron chi connectivity index (χ1n) is 6.01. The van der Waals surface area contributed by atoms with Gasteiger partial charge in [0.05, 0.1) is 0 Å². The molecule has 1 aromatic carbocycles. The number of hydrogen-bond acceptors (Lipinski definition) is 6. The Labute approximate surface area is 125 Å². The number of anilines is 1. The zero-order valence-corrected chi connectivity index (χ0v) is 12.4. The molecule has 2 N–H and O–H groups in total. The van der Waals surface area contributed by atoms with Crippen LogP contribution >= 0.6 is 23.1 Å². The molecule has 2 heterocycles. The minimum Gasteiger partial charge on any atom is -0.384 e. The van der Waals surface area contributed by atoms with Crippen molar-refractivity contribution in [3.8, 4) is 11.4 Å². The van der Waals surface area contributed by atoms with Gasteiger partial charge in [0.2, 0.25) is 0 Å². The van der Waals surface area contributed by atoms with Crippen LogP contribution in [0, 0.1) is 6.92 Å². The third-order valence-corrected chi connectivity index (χ3v) is 4.52. The fourth-order valence-electron chi connectivity index (χ4n) is 1.68. The topological polar surface area (TPSA) is 64.7 Å². The molecular formula is C14H12N4S2. The first kappa shape index (κ1) is 13.1. The molecule has 0 saturated heterocycles. The molecule has 0 spiro atoms. The second-order valence-corrected chi connectivity index (χ2v) is 6.30. The molecule has 2 aromatic heterocycles. The van der Waals surface area contributed by atoms with Crippen LogP contribution in [0.5, 0.6) is 0 Å². The summed E-state index contributed by atoms with van der Waals surface area (Å²) in [6.45, 7) is 1.98. The van der Waals surface area contributed by atoms with E-state index in [1.807, 2.05) is 42.6 Å². The van der Waals surface area contributed by atoms with Gasteiger partial charge in [0.25, 0.3) is 0 Å². The van der Waals surface area contributed by atoms with Gasteiger partial charge in [0.15, 0.2) is 10.2 Å². The van der Waals surface area contributed by atoms with Crippen molar-refractivity contribution in [2.24, 2.45) is 0 Å². The van der Waals surface area contributed by atoms with Crippen LogP contribution in [0.15, 0.2) is 51.1 Å². The summed E-state index contributed by atoms with van der Waals surface area (Å²) < 4.78 is 0.958. The third kappa shape index (κ3) is 2.97.